The number of aromatic nitrogens is 1. The summed E-state index contributed by atoms with van der Waals surface area (Å²) in [4.78, 5) is 6.37. The van der Waals surface area contributed by atoms with Crippen LogP contribution in [0.1, 0.15) is 53.6 Å². The molecule has 11 heteroatoms. The van der Waals surface area contributed by atoms with Crippen molar-refractivity contribution in [2.24, 2.45) is 11.8 Å². The third-order valence-electron chi connectivity index (χ3n) is 8.19. The third-order valence-corrected chi connectivity index (χ3v) is 8.48. The number of nitrogens with one attached hydrogen (secondary N) is 1. The Balaban J connectivity index is 1.55. The molecule has 228 valence electrons. The van der Waals surface area contributed by atoms with Crippen LogP contribution in [0.2, 0.25) is 5.02 Å². The Hall–Kier alpha value is -3.50. The number of alkyl halides is 4. The number of nitrogens with two attached hydrogens (primary N) is 1. The highest BCUT2D eigenvalue weighted by molar-refractivity contribution is 6.32. The molecule has 0 radical (unpaired) electrons. The first-order valence-corrected chi connectivity index (χ1v) is 14.6. The van der Waals surface area contributed by atoms with Crippen molar-refractivity contribution in [1.82, 2.24) is 9.88 Å². The molecule has 1 atom stereocenters. The maximum absolute atomic E-state index is 14.2. The van der Waals surface area contributed by atoms with E-state index in [1.807, 2.05) is 12.1 Å². The van der Waals surface area contributed by atoms with Gasteiger partial charge in [-0.15, -0.1) is 0 Å². The first kappa shape index (κ1) is 30.9. The molecule has 2 aliphatic rings. The van der Waals surface area contributed by atoms with Gasteiger partial charge in [0.15, 0.2) is 0 Å². The number of ether oxygens (including phenoxy) is 1. The van der Waals surface area contributed by atoms with Crippen molar-refractivity contribution in [3.8, 4) is 5.75 Å². The monoisotopic (exact) mass is 618 g/mol. The SMILES string of the molecule is N=C(F)c1cc(/C(=C(/c2ncc(C(F)(F)F)cc2Cl)C2CCC2)c2ccc(OCCN3CCC(CF)C3)cc2)ccc1N. The Morgan fingerprint density at radius 1 is 1.07 bits per heavy atom. The summed E-state index contributed by atoms with van der Waals surface area (Å²) in [5.41, 5.74) is 7.70. The lowest BCUT2D eigenvalue weighted by Gasteiger charge is -2.31. The van der Waals surface area contributed by atoms with Crippen LogP contribution in [-0.2, 0) is 6.18 Å². The zero-order chi connectivity index (χ0) is 30.7. The number of halogens is 6. The van der Waals surface area contributed by atoms with Gasteiger partial charge >= 0.3 is 6.18 Å². The Morgan fingerprint density at radius 3 is 2.37 bits per heavy atom. The van der Waals surface area contributed by atoms with Gasteiger partial charge < -0.3 is 10.5 Å². The zero-order valence-electron chi connectivity index (χ0n) is 23.4. The summed E-state index contributed by atoms with van der Waals surface area (Å²) in [5.74, 6) is -0.554. The topological polar surface area (TPSA) is 75.2 Å². The molecule has 2 aromatic carbocycles. The predicted molar refractivity (Wildman–Crippen MR) is 159 cm³/mol. The smallest absolute Gasteiger partial charge is 0.417 e. The fourth-order valence-corrected chi connectivity index (χ4v) is 5.90. The Kier molecular flexibility index (Phi) is 9.36. The first-order chi connectivity index (χ1) is 20.5. The van der Waals surface area contributed by atoms with Gasteiger partial charge in [0.05, 0.1) is 28.5 Å². The number of pyridine rings is 1. The molecule has 3 N–H and O–H groups in total. The maximum Gasteiger partial charge on any atom is 0.417 e. The van der Waals surface area contributed by atoms with Gasteiger partial charge in [-0.3, -0.25) is 19.7 Å². The van der Waals surface area contributed by atoms with Crippen molar-refractivity contribution in [1.29, 1.82) is 5.41 Å². The second-order valence-corrected chi connectivity index (χ2v) is 11.5. The summed E-state index contributed by atoms with van der Waals surface area (Å²) in [5, 5.41) is 7.43. The fraction of sp³-hybridized carbons (Fsp3) is 0.375. The lowest BCUT2D eigenvalue weighted by Crippen LogP contribution is -2.26. The Morgan fingerprint density at radius 2 is 1.79 bits per heavy atom. The average Bonchev–Trinajstić information content (AvgIpc) is 3.41. The number of benzene rings is 2. The highest BCUT2D eigenvalue weighted by Gasteiger charge is 2.34. The van der Waals surface area contributed by atoms with Crippen LogP contribution in [0.25, 0.3) is 11.1 Å². The van der Waals surface area contributed by atoms with Gasteiger partial charge in [0.2, 0.25) is 5.97 Å². The summed E-state index contributed by atoms with van der Waals surface area (Å²) in [6, 6.07) is 12.8. The van der Waals surface area contributed by atoms with Crippen molar-refractivity contribution in [3.63, 3.8) is 0 Å². The summed E-state index contributed by atoms with van der Waals surface area (Å²) in [6.45, 7) is 2.36. The van der Waals surface area contributed by atoms with Crippen LogP contribution in [0.4, 0.5) is 27.6 Å². The summed E-state index contributed by atoms with van der Waals surface area (Å²) in [7, 11) is 0. The van der Waals surface area contributed by atoms with Crippen LogP contribution < -0.4 is 10.5 Å². The normalized spacial score (nSPS) is 18.3. The molecule has 5 nitrogen and oxygen atoms in total. The molecule has 0 bridgehead atoms. The minimum absolute atomic E-state index is 0.0490. The van der Waals surface area contributed by atoms with Crippen molar-refractivity contribution in [3.05, 3.63) is 87.7 Å². The Labute approximate surface area is 252 Å². The number of nitrogens with zero attached hydrogens (tertiary/aromatic N) is 2. The van der Waals surface area contributed by atoms with Crippen LogP contribution in [0.3, 0.4) is 0 Å². The molecule has 0 amide bonds. The number of allylic oxidation sites excluding steroid dienone is 1. The molecule has 3 aromatic rings. The molecule has 5 rings (SSSR count). The van der Waals surface area contributed by atoms with E-state index in [9.17, 15) is 22.0 Å². The molecule has 2 fully saturated rings. The summed E-state index contributed by atoms with van der Waals surface area (Å²) >= 11 is 6.48. The summed E-state index contributed by atoms with van der Waals surface area (Å²) in [6.07, 6.45) is -0.505. The number of hydrogen-bond donors (Lipinski definition) is 2. The van der Waals surface area contributed by atoms with E-state index in [4.69, 9.17) is 27.5 Å². The molecule has 0 spiro atoms. The van der Waals surface area contributed by atoms with E-state index in [0.29, 0.717) is 41.2 Å². The molecule has 1 aliphatic carbocycles. The number of likely N-dealkylation sites (tertiary alicyclic amines) is 1. The molecular weight excluding hydrogens is 587 g/mol. The molecule has 43 heavy (non-hydrogen) atoms. The maximum atomic E-state index is 14.2. The standard InChI is InChI=1S/C32H32ClF5N4O/c33-26-15-23(32(36,37)38)17-41-30(26)29(20-2-1-3-20)28(22-6-9-27(39)25(14-22)31(35)40)21-4-7-24(8-5-21)43-13-12-42-11-10-19(16-34)18-42/h4-9,14-15,17,19-20,40H,1-3,10-13,16,18,39H2/b29-28+,40-31?. The van der Waals surface area contributed by atoms with E-state index in [2.05, 4.69) is 9.88 Å². The highest BCUT2D eigenvalue weighted by Crippen LogP contribution is 2.47. The molecule has 1 aliphatic heterocycles. The van der Waals surface area contributed by atoms with E-state index in [-0.39, 0.29) is 40.5 Å². The Bertz CT molecular complexity index is 1500. The van der Waals surface area contributed by atoms with E-state index in [0.717, 1.165) is 51.0 Å². The first-order valence-electron chi connectivity index (χ1n) is 14.2. The molecule has 1 aromatic heterocycles. The van der Waals surface area contributed by atoms with E-state index >= 15 is 0 Å². The van der Waals surface area contributed by atoms with Gasteiger partial charge in [-0.1, -0.05) is 36.2 Å². The second kappa shape index (κ2) is 13.0. The summed E-state index contributed by atoms with van der Waals surface area (Å²) < 4.78 is 73.3. The van der Waals surface area contributed by atoms with Gasteiger partial charge in [-0.2, -0.15) is 17.6 Å². The van der Waals surface area contributed by atoms with Crippen molar-refractivity contribution < 1.29 is 26.7 Å². The van der Waals surface area contributed by atoms with Crippen LogP contribution in [0.5, 0.6) is 5.75 Å². The third kappa shape index (κ3) is 7.02. The van der Waals surface area contributed by atoms with Gasteiger partial charge in [-0.25, -0.2) is 0 Å². The molecule has 1 unspecified atom stereocenters. The van der Waals surface area contributed by atoms with E-state index < -0.39 is 17.7 Å². The largest absolute Gasteiger partial charge is 0.492 e. The lowest BCUT2D eigenvalue weighted by atomic mass is 9.74. The van der Waals surface area contributed by atoms with Gasteiger partial charge in [0.25, 0.3) is 0 Å². The molecule has 1 saturated carbocycles. The zero-order valence-corrected chi connectivity index (χ0v) is 24.1. The van der Waals surface area contributed by atoms with Gasteiger partial charge in [0, 0.05) is 30.9 Å². The van der Waals surface area contributed by atoms with Crippen LogP contribution in [0.15, 0.2) is 54.7 Å². The number of rotatable bonds is 10. The minimum Gasteiger partial charge on any atom is -0.492 e. The van der Waals surface area contributed by atoms with E-state index in [1.165, 1.54) is 12.1 Å². The van der Waals surface area contributed by atoms with Crippen LogP contribution >= 0.6 is 11.6 Å². The molecule has 2 heterocycles. The van der Waals surface area contributed by atoms with Crippen molar-refractivity contribution in [2.75, 3.05) is 38.6 Å². The number of nitrogen functional groups attached to an aromatic ring is 1. The van der Waals surface area contributed by atoms with E-state index in [1.54, 1.807) is 18.2 Å². The molecular formula is C32H32ClF5N4O. The quantitative estimate of drug-likeness (QED) is 0.137. The second-order valence-electron chi connectivity index (χ2n) is 11.1. The fourth-order valence-electron chi connectivity index (χ4n) is 5.64. The number of anilines is 1. The highest BCUT2D eigenvalue weighted by atomic mass is 35.5. The average molecular weight is 619 g/mol. The predicted octanol–water partition coefficient (Wildman–Crippen LogP) is 8.06. The van der Waals surface area contributed by atoms with Crippen LogP contribution in [0, 0.1) is 17.2 Å². The molecule has 1 saturated heterocycles. The van der Waals surface area contributed by atoms with Gasteiger partial charge in [-0.05, 0) is 84.3 Å². The lowest BCUT2D eigenvalue weighted by molar-refractivity contribution is -0.137. The minimum atomic E-state index is -4.61. The van der Waals surface area contributed by atoms with Crippen LogP contribution in [-0.4, -0.2) is 48.8 Å². The number of hydrogen-bond acceptors (Lipinski definition) is 5. The van der Waals surface area contributed by atoms with Crippen molar-refractivity contribution >= 4 is 34.4 Å². The van der Waals surface area contributed by atoms with Crippen molar-refractivity contribution in [2.45, 2.75) is 31.9 Å². The van der Waals surface area contributed by atoms with Gasteiger partial charge in [0.1, 0.15) is 12.4 Å².